The van der Waals surface area contributed by atoms with E-state index in [-0.39, 0.29) is 0 Å². The summed E-state index contributed by atoms with van der Waals surface area (Å²) in [5.74, 6) is 1.78. The smallest absolute Gasteiger partial charge is 0.0228 e. The van der Waals surface area contributed by atoms with E-state index in [0.717, 1.165) is 18.1 Å². The third kappa shape index (κ3) is 22.9. The van der Waals surface area contributed by atoms with Gasteiger partial charge in [0.25, 0.3) is 0 Å². The maximum absolute atomic E-state index is 5.49. The van der Waals surface area contributed by atoms with Gasteiger partial charge in [-0.1, -0.05) is 41.5 Å². The molecule has 0 radical (unpaired) electrons. The maximum atomic E-state index is 5.49. The third-order valence-electron chi connectivity index (χ3n) is 1.71. The number of rotatable bonds is 2. The van der Waals surface area contributed by atoms with Gasteiger partial charge >= 0.3 is 0 Å². The van der Waals surface area contributed by atoms with Gasteiger partial charge in [-0.2, -0.15) is 12.6 Å². The van der Waals surface area contributed by atoms with Crippen molar-refractivity contribution in [1.29, 1.82) is 0 Å². The Morgan fingerprint density at radius 2 is 1.21 bits per heavy atom. The minimum atomic E-state index is 0.418. The lowest BCUT2D eigenvalue weighted by atomic mass is 9.94. The van der Waals surface area contributed by atoms with E-state index < -0.39 is 0 Å². The van der Waals surface area contributed by atoms with Gasteiger partial charge in [0.05, 0.1) is 0 Å². The molecule has 0 aromatic carbocycles. The van der Waals surface area contributed by atoms with Gasteiger partial charge in [0.15, 0.2) is 0 Å². The first-order chi connectivity index (χ1) is 6.12. The number of halogens is 1. The summed E-state index contributed by atoms with van der Waals surface area (Å²) < 4.78 is 0. The van der Waals surface area contributed by atoms with Crippen molar-refractivity contribution < 1.29 is 0 Å². The van der Waals surface area contributed by atoms with E-state index in [0.29, 0.717) is 10.8 Å². The van der Waals surface area contributed by atoms with Crippen LogP contribution in [0.4, 0.5) is 0 Å². The summed E-state index contributed by atoms with van der Waals surface area (Å²) in [6.07, 6.45) is 2.31. The van der Waals surface area contributed by atoms with Crippen molar-refractivity contribution in [2.24, 2.45) is 10.8 Å². The van der Waals surface area contributed by atoms with Crippen LogP contribution in [0.5, 0.6) is 0 Å². The summed E-state index contributed by atoms with van der Waals surface area (Å²) in [4.78, 5) is 0. The SMILES string of the molecule is CC(C)(C)CCCl.CC(C)(C)CCS. The molecule has 0 rings (SSSR count). The molecule has 88 valence electrons. The molecule has 0 atom stereocenters. The molecule has 0 aromatic rings. The number of hydrogen-bond donors (Lipinski definition) is 1. The minimum Gasteiger partial charge on any atom is -0.179 e. The lowest BCUT2D eigenvalue weighted by Crippen LogP contribution is -2.04. The van der Waals surface area contributed by atoms with Crippen molar-refractivity contribution in [1.82, 2.24) is 0 Å². The highest BCUT2D eigenvalue weighted by Crippen LogP contribution is 2.18. The van der Waals surface area contributed by atoms with E-state index in [2.05, 4.69) is 54.2 Å². The predicted molar refractivity (Wildman–Crippen MR) is 72.7 cm³/mol. The molecule has 0 heterocycles. The molecule has 2 heteroatoms. The highest BCUT2D eigenvalue weighted by molar-refractivity contribution is 7.80. The molecule has 0 aromatic heterocycles. The fourth-order valence-corrected chi connectivity index (χ4v) is 1.86. The second kappa shape index (κ2) is 7.87. The predicted octanol–water partition coefficient (Wildman–Crippen LogP) is 5.01. The Bertz CT molecular complexity index is 103. The molecule has 0 saturated carbocycles. The van der Waals surface area contributed by atoms with Crippen LogP contribution < -0.4 is 0 Å². The van der Waals surface area contributed by atoms with Gasteiger partial charge in [-0.3, -0.25) is 0 Å². The molecule has 14 heavy (non-hydrogen) atoms. The van der Waals surface area contributed by atoms with Crippen molar-refractivity contribution in [3.05, 3.63) is 0 Å². The van der Waals surface area contributed by atoms with Crippen LogP contribution in [0.25, 0.3) is 0 Å². The van der Waals surface area contributed by atoms with Crippen LogP contribution in [0.1, 0.15) is 54.4 Å². The Kier molecular flexibility index (Phi) is 9.58. The van der Waals surface area contributed by atoms with Crippen molar-refractivity contribution >= 4 is 24.2 Å². The normalized spacial score (nSPS) is 12.0. The average Bonchev–Trinajstić information content (AvgIpc) is 1.81. The van der Waals surface area contributed by atoms with Gasteiger partial charge in [0, 0.05) is 5.88 Å². The molecule has 0 aliphatic carbocycles. The Morgan fingerprint density at radius 1 is 0.857 bits per heavy atom. The van der Waals surface area contributed by atoms with Crippen molar-refractivity contribution in [3.63, 3.8) is 0 Å². The van der Waals surface area contributed by atoms with Gasteiger partial charge in [-0.25, -0.2) is 0 Å². The van der Waals surface area contributed by atoms with Crippen molar-refractivity contribution in [2.45, 2.75) is 54.4 Å². The molecular formula is C12H27ClS. The second-order valence-electron chi connectivity index (χ2n) is 6.03. The first-order valence-corrected chi connectivity index (χ1v) is 6.46. The highest BCUT2D eigenvalue weighted by atomic mass is 35.5. The van der Waals surface area contributed by atoms with E-state index in [1.165, 1.54) is 6.42 Å². The van der Waals surface area contributed by atoms with Crippen LogP contribution in [0.3, 0.4) is 0 Å². The molecule has 0 saturated heterocycles. The molecule has 0 fully saturated rings. The molecular weight excluding hydrogens is 212 g/mol. The molecule has 0 nitrogen and oxygen atoms in total. The van der Waals surface area contributed by atoms with Crippen LogP contribution >= 0.6 is 24.2 Å². The second-order valence-corrected chi connectivity index (χ2v) is 6.86. The van der Waals surface area contributed by atoms with Crippen LogP contribution in [0, 0.1) is 10.8 Å². The van der Waals surface area contributed by atoms with E-state index in [9.17, 15) is 0 Å². The standard InChI is InChI=1S/C6H13Cl.C6H14S/c2*1-6(2,3)4-5-7/h4-5H2,1-3H3;7H,4-5H2,1-3H3. The Labute approximate surface area is 101 Å². The Balaban J connectivity index is 0. The minimum absolute atomic E-state index is 0.418. The quantitative estimate of drug-likeness (QED) is 0.507. The van der Waals surface area contributed by atoms with Gasteiger partial charge in [0.2, 0.25) is 0 Å². The lowest BCUT2D eigenvalue weighted by Gasteiger charge is -2.14. The van der Waals surface area contributed by atoms with Gasteiger partial charge in [-0.05, 0) is 29.4 Å². The van der Waals surface area contributed by atoms with Gasteiger partial charge in [0.1, 0.15) is 0 Å². The topological polar surface area (TPSA) is 0 Å². The molecule has 0 spiro atoms. The summed E-state index contributed by atoms with van der Waals surface area (Å²) in [5, 5.41) is 0. The van der Waals surface area contributed by atoms with Crippen LogP contribution in [0.2, 0.25) is 0 Å². The first-order valence-electron chi connectivity index (χ1n) is 5.29. The van der Waals surface area contributed by atoms with Gasteiger partial charge in [-0.15, -0.1) is 11.6 Å². The highest BCUT2D eigenvalue weighted by Gasteiger charge is 2.07. The van der Waals surface area contributed by atoms with Gasteiger partial charge < -0.3 is 0 Å². The number of hydrogen-bond acceptors (Lipinski definition) is 1. The summed E-state index contributed by atoms with van der Waals surface area (Å²) in [6, 6.07) is 0. The molecule has 0 bridgehead atoms. The van der Waals surface area contributed by atoms with Crippen LogP contribution in [-0.4, -0.2) is 11.6 Å². The fourth-order valence-electron chi connectivity index (χ4n) is 0.619. The van der Waals surface area contributed by atoms with E-state index in [1.54, 1.807) is 0 Å². The summed E-state index contributed by atoms with van der Waals surface area (Å²) >= 11 is 9.60. The molecule has 0 aliphatic rings. The summed E-state index contributed by atoms with van der Waals surface area (Å²) in [6.45, 7) is 13.2. The molecule has 0 amide bonds. The lowest BCUT2D eigenvalue weighted by molar-refractivity contribution is 0.400. The zero-order valence-electron chi connectivity index (χ0n) is 10.7. The van der Waals surface area contributed by atoms with E-state index in [4.69, 9.17) is 11.6 Å². The average molecular weight is 239 g/mol. The largest absolute Gasteiger partial charge is 0.179 e. The van der Waals surface area contributed by atoms with E-state index in [1.807, 2.05) is 0 Å². The van der Waals surface area contributed by atoms with Crippen LogP contribution in [-0.2, 0) is 0 Å². The molecule has 0 aliphatic heterocycles. The van der Waals surface area contributed by atoms with E-state index >= 15 is 0 Å². The zero-order valence-corrected chi connectivity index (χ0v) is 12.3. The fraction of sp³-hybridized carbons (Fsp3) is 1.00. The van der Waals surface area contributed by atoms with Crippen LogP contribution in [0.15, 0.2) is 0 Å². The Hall–Kier alpha value is 0.640. The first kappa shape index (κ1) is 17.0. The molecule has 0 unspecified atom stereocenters. The van der Waals surface area contributed by atoms with Crippen molar-refractivity contribution in [2.75, 3.05) is 11.6 Å². The maximum Gasteiger partial charge on any atom is 0.0228 e. The number of thiol groups is 1. The monoisotopic (exact) mass is 238 g/mol. The summed E-state index contributed by atoms with van der Waals surface area (Å²) in [7, 11) is 0. The summed E-state index contributed by atoms with van der Waals surface area (Å²) in [5.41, 5.74) is 0.892. The Morgan fingerprint density at radius 3 is 1.21 bits per heavy atom. The third-order valence-corrected chi connectivity index (χ3v) is 2.12. The zero-order chi connectivity index (χ0) is 11.8. The van der Waals surface area contributed by atoms with Crippen molar-refractivity contribution in [3.8, 4) is 0 Å². The molecule has 0 N–H and O–H groups in total. The number of alkyl halides is 1.